The minimum atomic E-state index is -0.112. The fourth-order valence-electron chi connectivity index (χ4n) is 6.92. The van der Waals surface area contributed by atoms with Crippen molar-refractivity contribution in [1.29, 1.82) is 0 Å². The molecule has 3 heterocycles. The molecule has 4 nitrogen and oxygen atoms in total. The van der Waals surface area contributed by atoms with E-state index >= 15 is 0 Å². The summed E-state index contributed by atoms with van der Waals surface area (Å²) >= 11 is 0. The molecule has 2 aromatic heterocycles. The molecule has 6 aromatic rings. The highest BCUT2D eigenvalue weighted by molar-refractivity contribution is 5.95. The van der Waals surface area contributed by atoms with Crippen LogP contribution in [0.25, 0.3) is 50.9 Å². The van der Waals surface area contributed by atoms with Crippen molar-refractivity contribution in [3.63, 3.8) is 0 Å². The van der Waals surface area contributed by atoms with Crippen molar-refractivity contribution in [2.75, 3.05) is 0 Å². The first-order valence-electron chi connectivity index (χ1n) is 14.8. The van der Waals surface area contributed by atoms with E-state index in [4.69, 9.17) is 14.7 Å². The Hall–Kier alpha value is -5.48. The van der Waals surface area contributed by atoms with Gasteiger partial charge in [0.25, 0.3) is 0 Å². The molecular formula is C39H27N3O. The molecule has 0 bridgehead atoms. The van der Waals surface area contributed by atoms with Crippen LogP contribution in [0.15, 0.2) is 133 Å². The molecule has 0 saturated heterocycles. The first-order chi connectivity index (χ1) is 21.3. The number of allylic oxidation sites excluding steroid dienone is 3. The average molecular weight is 554 g/mol. The van der Waals surface area contributed by atoms with Crippen molar-refractivity contribution < 1.29 is 4.74 Å². The van der Waals surface area contributed by atoms with Crippen LogP contribution in [0.1, 0.15) is 28.4 Å². The number of para-hydroxylation sites is 2. The van der Waals surface area contributed by atoms with Gasteiger partial charge >= 0.3 is 0 Å². The highest BCUT2D eigenvalue weighted by Crippen LogP contribution is 2.51. The van der Waals surface area contributed by atoms with Gasteiger partial charge in [-0.25, -0.2) is 9.97 Å². The third-order valence-electron chi connectivity index (χ3n) is 8.83. The molecule has 9 rings (SSSR count). The number of benzene rings is 4. The lowest BCUT2D eigenvalue weighted by molar-refractivity contribution is 0.271. The van der Waals surface area contributed by atoms with Gasteiger partial charge in [0.2, 0.25) is 0 Å². The molecule has 0 amide bonds. The van der Waals surface area contributed by atoms with E-state index in [1.54, 1.807) is 0 Å². The van der Waals surface area contributed by atoms with E-state index in [0.29, 0.717) is 0 Å². The SMILES string of the molecule is C1=CC2Oc3c(cccc3-n3c4c(c5ccccc53)C=CC4)C2C(c2cc(-c3ccccc3)nc(-c3ccccc3)n2)=C1. The van der Waals surface area contributed by atoms with Crippen molar-refractivity contribution in [3.05, 3.63) is 156 Å². The van der Waals surface area contributed by atoms with Crippen LogP contribution in [0.3, 0.4) is 0 Å². The van der Waals surface area contributed by atoms with E-state index in [-0.39, 0.29) is 12.0 Å². The molecule has 1 aliphatic heterocycles. The lowest BCUT2D eigenvalue weighted by atomic mass is 9.82. The molecule has 43 heavy (non-hydrogen) atoms. The molecule has 4 aromatic carbocycles. The quantitative estimate of drug-likeness (QED) is 0.219. The fraction of sp³-hybridized carbons (Fsp3) is 0.0769. The van der Waals surface area contributed by atoms with E-state index in [2.05, 4.69) is 120 Å². The van der Waals surface area contributed by atoms with E-state index in [1.807, 2.05) is 24.3 Å². The standard InChI is InChI=1S/C39H27N3O/c1-3-12-25(13-4-1)31-24-32(41-39(40-31)26-14-5-2-6-15-26)29-18-11-23-36-37(29)30-19-10-22-35(38(30)43-36)42-33-20-8-7-16-27(33)28-17-9-21-34(28)42/h1-20,22-24,36-37H,21H2. The second-order valence-electron chi connectivity index (χ2n) is 11.3. The summed E-state index contributed by atoms with van der Waals surface area (Å²) in [6.07, 6.45) is 11.8. The molecule has 3 aliphatic rings. The molecule has 0 spiro atoms. The van der Waals surface area contributed by atoms with Gasteiger partial charge in [-0.3, -0.25) is 0 Å². The van der Waals surface area contributed by atoms with Crippen LogP contribution in [0.4, 0.5) is 0 Å². The largest absolute Gasteiger partial charge is 0.483 e. The maximum absolute atomic E-state index is 6.84. The number of rotatable bonds is 4. The molecule has 0 N–H and O–H groups in total. The van der Waals surface area contributed by atoms with Crippen LogP contribution >= 0.6 is 0 Å². The highest BCUT2D eigenvalue weighted by Gasteiger charge is 2.40. The molecule has 4 heteroatoms. The summed E-state index contributed by atoms with van der Waals surface area (Å²) in [4.78, 5) is 10.2. The third kappa shape index (κ3) is 3.76. The van der Waals surface area contributed by atoms with Gasteiger partial charge in [0.15, 0.2) is 5.82 Å². The zero-order valence-corrected chi connectivity index (χ0v) is 23.4. The Morgan fingerprint density at radius 3 is 2.37 bits per heavy atom. The fourth-order valence-corrected chi connectivity index (χ4v) is 6.92. The Balaban J connectivity index is 1.21. The Labute approximate surface area is 250 Å². The van der Waals surface area contributed by atoms with E-state index < -0.39 is 0 Å². The van der Waals surface area contributed by atoms with Crippen molar-refractivity contribution in [2.45, 2.75) is 18.4 Å². The van der Waals surface area contributed by atoms with Gasteiger partial charge < -0.3 is 9.30 Å². The third-order valence-corrected chi connectivity index (χ3v) is 8.83. The molecule has 204 valence electrons. The predicted octanol–water partition coefficient (Wildman–Crippen LogP) is 8.82. The maximum Gasteiger partial charge on any atom is 0.160 e. The van der Waals surface area contributed by atoms with Crippen molar-refractivity contribution in [2.24, 2.45) is 0 Å². The van der Waals surface area contributed by atoms with Crippen LogP contribution in [-0.2, 0) is 6.42 Å². The number of aromatic nitrogens is 3. The van der Waals surface area contributed by atoms with Crippen molar-refractivity contribution in [3.8, 4) is 34.1 Å². The molecular weight excluding hydrogens is 526 g/mol. The molecule has 2 unspecified atom stereocenters. The predicted molar refractivity (Wildman–Crippen MR) is 173 cm³/mol. The summed E-state index contributed by atoms with van der Waals surface area (Å²) in [7, 11) is 0. The van der Waals surface area contributed by atoms with Gasteiger partial charge in [-0.1, -0.05) is 115 Å². The normalized spacial score (nSPS) is 17.8. The van der Waals surface area contributed by atoms with Gasteiger partial charge in [0.05, 0.1) is 28.5 Å². The second kappa shape index (κ2) is 9.53. The Morgan fingerprint density at radius 1 is 0.744 bits per heavy atom. The van der Waals surface area contributed by atoms with Gasteiger partial charge in [0, 0.05) is 39.8 Å². The lowest BCUT2D eigenvalue weighted by Crippen LogP contribution is -2.20. The van der Waals surface area contributed by atoms with Crippen LogP contribution < -0.4 is 4.74 Å². The first kappa shape index (κ1) is 24.2. The lowest BCUT2D eigenvalue weighted by Gasteiger charge is -2.23. The van der Waals surface area contributed by atoms with E-state index in [1.165, 1.54) is 27.7 Å². The van der Waals surface area contributed by atoms with Gasteiger partial charge in [0.1, 0.15) is 11.9 Å². The van der Waals surface area contributed by atoms with E-state index in [9.17, 15) is 0 Å². The Kier molecular flexibility index (Phi) is 5.35. The van der Waals surface area contributed by atoms with Crippen molar-refractivity contribution in [1.82, 2.24) is 14.5 Å². The number of nitrogens with zero attached hydrogens (tertiary/aromatic N) is 3. The summed E-state index contributed by atoms with van der Waals surface area (Å²) in [5.74, 6) is 1.69. The van der Waals surface area contributed by atoms with Gasteiger partial charge in [-0.2, -0.15) is 0 Å². The zero-order chi connectivity index (χ0) is 28.3. The summed E-state index contributed by atoms with van der Waals surface area (Å²) < 4.78 is 9.25. The van der Waals surface area contributed by atoms with Crippen LogP contribution in [-0.4, -0.2) is 20.6 Å². The molecule has 2 atom stereocenters. The highest BCUT2D eigenvalue weighted by atomic mass is 16.5. The van der Waals surface area contributed by atoms with E-state index in [0.717, 1.165) is 51.8 Å². The number of fused-ring (bicyclic) bond motifs is 6. The summed E-state index contributed by atoms with van der Waals surface area (Å²) in [5, 5.41) is 1.28. The smallest absolute Gasteiger partial charge is 0.160 e. The second-order valence-corrected chi connectivity index (χ2v) is 11.3. The first-order valence-corrected chi connectivity index (χ1v) is 14.8. The van der Waals surface area contributed by atoms with Crippen LogP contribution in [0.2, 0.25) is 0 Å². The maximum atomic E-state index is 6.84. The summed E-state index contributed by atoms with van der Waals surface area (Å²) in [5.41, 5.74) is 11.2. The van der Waals surface area contributed by atoms with Gasteiger partial charge in [-0.15, -0.1) is 0 Å². The van der Waals surface area contributed by atoms with Crippen LogP contribution in [0, 0.1) is 0 Å². The molecule has 0 saturated carbocycles. The Morgan fingerprint density at radius 2 is 1.51 bits per heavy atom. The minimum Gasteiger partial charge on any atom is -0.483 e. The summed E-state index contributed by atoms with van der Waals surface area (Å²) in [6.45, 7) is 0. The molecule has 2 aliphatic carbocycles. The van der Waals surface area contributed by atoms with Crippen LogP contribution in [0.5, 0.6) is 5.75 Å². The number of hydrogen-bond donors (Lipinski definition) is 0. The van der Waals surface area contributed by atoms with Crippen molar-refractivity contribution >= 4 is 22.6 Å². The summed E-state index contributed by atoms with van der Waals surface area (Å²) in [6, 6.07) is 38.0. The topological polar surface area (TPSA) is 39.9 Å². The minimum absolute atomic E-state index is 0.0232. The number of hydrogen-bond acceptors (Lipinski definition) is 3. The number of ether oxygens (including phenoxy) is 1. The molecule has 0 fully saturated rings. The monoisotopic (exact) mass is 553 g/mol. The Bertz CT molecular complexity index is 2080. The average Bonchev–Trinajstić information content (AvgIpc) is 3.78. The zero-order valence-electron chi connectivity index (χ0n) is 23.4. The van der Waals surface area contributed by atoms with Gasteiger partial charge in [-0.05, 0) is 29.8 Å². The molecule has 0 radical (unpaired) electrons.